The third kappa shape index (κ3) is 2.25. The Bertz CT molecular complexity index is 311. The number of ketones is 1. The third-order valence-electron chi connectivity index (χ3n) is 3.15. The highest BCUT2D eigenvalue weighted by molar-refractivity contribution is 6.39. The van der Waals surface area contributed by atoms with Crippen LogP contribution in [0, 0.1) is 0 Å². The molecule has 1 amide bonds. The second kappa shape index (κ2) is 3.82. The summed E-state index contributed by atoms with van der Waals surface area (Å²) in [7, 11) is 3.73. The van der Waals surface area contributed by atoms with Crippen molar-refractivity contribution in [3.05, 3.63) is 0 Å². The number of ether oxygens (including phenoxy) is 1. The zero-order chi connectivity index (χ0) is 11.9. The molecular weight excluding hydrogens is 204 g/mol. The standard InChI is InChI=1S/C10H17B2NO3/c1-10(11,12)16-9(15)13-6-2-3-7(13)5-8(14)4-6/h6-7H,2-5,11-12H2,1H3. The lowest BCUT2D eigenvalue weighted by atomic mass is 9.67. The van der Waals surface area contributed by atoms with Gasteiger partial charge >= 0.3 is 6.09 Å². The van der Waals surface area contributed by atoms with Crippen molar-refractivity contribution >= 4 is 27.6 Å². The molecule has 0 aliphatic carbocycles. The summed E-state index contributed by atoms with van der Waals surface area (Å²) in [5, 5.41) is -0.460. The number of amides is 1. The fraction of sp³-hybridized carbons (Fsp3) is 0.800. The fourth-order valence-electron chi connectivity index (χ4n) is 2.58. The van der Waals surface area contributed by atoms with E-state index in [4.69, 9.17) is 4.74 Å². The summed E-state index contributed by atoms with van der Waals surface area (Å²) in [4.78, 5) is 25.2. The number of nitrogens with zero attached hydrogens (tertiary/aromatic N) is 1. The molecule has 2 unspecified atom stereocenters. The van der Waals surface area contributed by atoms with Crippen LogP contribution < -0.4 is 0 Å². The Morgan fingerprint density at radius 2 is 1.88 bits per heavy atom. The van der Waals surface area contributed by atoms with E-state index < -0.39 is 5.40 Å². The molecule has 0 saturated carbocycles. The van der Waals surface area contributed by atoms with E-state index in [9.17, 15) is 9.59 Å². The number of Topliss-reactive ketones (excluding diaryl/α,β-unsaturated/α-hetero) is 1. The average Bonchev–Trinajstić information content (AvgIpc) is 2.36. The lowest BCUT2D eigenvalue weighted by Gasteiger charge is -2.35. The topological polar surface area (TPSA) is 46.6 Å². The first-order valence-corrected chi connectivity index (χ1v) is 5.90. The highest BCUT2D eigenvalue weighted by atomic mass is 16.6. The van der Waals surface area contributed by atoms with Crippen LogP contribution in [0.3, 0.4) is 0 Å². The normalized spacial score (nSPS) is 29.3. The zero-order valence-corrected chi connectivity index (χ0v) is 10.2. The Morgan fingerprint density at radius 1 is 1.38 bits per heavy atom. The second-order valence-corrected chi connectivity index (χ2v) is 5.72. The van der Waals surface area contributed by atoms with Crippen molar-refractivity contribution in [3.8, 4) is 0 Å². The van der Waals surface area contributed by atoms with Gasteiger partial charge in [-0.15, -0.1) is 0 Å². The van der Waals surface area contributed by atoms with Crippen LogP contribution in [0.5, 0.6) is 0 Å². The van der Waals surface area contributed by atoms with E-state index in [0.29, 0.717) is 12.8 Å². The molecule has 0 spiro atoms. The smallest absolute Gasteiger partial charge is 0.409 e. The van der Waals surface area contributed by atoms with Crippen molar-refractivity contribution < 1.29 is 14.3 Å². The number of piperidine rings is 1. The highest BCUT2D eigenvalue weighted by Crippen LogP contribution is 2.34. The van der Waals surface area contributed by atoms with E-state index in [1.807, 2.05) is 22.6 Å². The molecule has 2 heterocycles. The minimum Gasteiger partial charge on any atom is -0.462 e. The largest absolute Gasteiger partial charge is 0.462 e. The van der Waals surface area contributed by atoms with E-state index in [1.54, 1.807) is 4.90 Å². The van der Waals surface area contributed by atoms with E-state index in [2.05, 4.69) is 0 Å². The highest BCUT2D eigenvalue weighted by Gasteiger charge is 2.44. The van der Waals surface area contributed by atoms with E-state index in [1.165, 1.54) is 0 Å². The van der Waals surface area contributed by atoms with Crippen molar-refractivity contribution in [1.82, 2.24) is 4.90 Å². The van der Waals surface area contributed by atoms with Gasteiger partial charge in [-0.25, -0.2) is 4.79 Å². The summed E-state index contributed by atoms with van der Waals surface area (Å²) in [6.45, 7) is 1.86. The summed E-state index contributed by atoms with van der Waals surface area (Å²) < 4.78 is 5.37. The predicted molar refractivity (Wildman–Crippen MR) is 64.9 cm³/mol. The lowest BCUT2D eigenvalue weighted by Crippen LogP contribution is -2.49. The van der Waals surface area contributed by atoms with Gasteiger partial charge < -0.3 is 9.64 Å². The Morgan fingerprint density at radius 3 is 2.31 bits per heavy atom. The predicted octanol–water partition coefficient (Wildman–Crippen LogP) is -0.741. The number of hydrogen-bond donors (Lipinski definition) is 0. The second-order valence-electron chi connectivity index (χ2n) is 5.72. The van der Waals surface area contributed by atoms with Gasteiger partial charge in [-0.1, -0.05) is 0 Å². The SMILES string of the molecule is BC(B)(C)OC(=O)N1C2CCC1CC(=O)C2. The first-order chi connectivity index (χ1) is 7.37. The number of hydrogen-bond acceptors (Lipinski definition) is 3. The quantitative estimate of drug-likeness (QED) is 0.547. The van der Waals surface area contributed by atoms with Crippen molar-refractivity contribution in [1.29, 1.82) is 0 Å². The van der Waals surface area contributed by atoms with Gasteiger partial charge in [0.1, 0.15) is 21.5 Å². The van der Waals surface area contributed by atoms with E-state index >= 15 is 0 Å². The summed E-state index contributed by atoms with van der Waals surface area (Å²) >= 11 is 0. The maximum Gasteiger partial charge on any atom is 0.409 e. The van der Waals surface area contributed by atoms with Crippen LogP contribution in [0.4, 0.5) is 4.79 Å². The molecule has 0 aromatic carbocycles. The first-order valence-electron chi connectivity index (χ1n) is 5.90. The molecule has 4 nitrogen and oxygen atoms in total. The lowest BCUT2D eigenvalue weighted by molar-refractivity contribution is -0.123. The van der Waals surface area contributed by atoms with E-state index in [-0.39, 0.29) is 24.0 Å². The minimum atomic E-state index is -0.460. The monoisotopic (exact) mass is 221 g/mol. The third-order valence-corrected chi connectivity index (χ3v) is 3.15. The maximum atomic E-state index is 12.0. The molecule has 0 N–H and O–H groups in total. The summed E-state index contributed by atoms with van der Waals surface area (Å²) in [5.74, 6) is 0.285. The molecule has 2 aliphatic heterocycles. The Hall–Kier alpha value is -0.930. The molecule has 2 atom stereocenters. The molecule has 2 bridgehead atoms. The van der Waals surface area contributed by atoms with Crippen LogP contribution in [0.2, 0.25) is 0 Å². The molecule has 0 radical (unpaired) electrons. The van der Waals surface area contributed by atoms with Crippen LogP contribution in [0.15, 0.2) is 0 Å². The molecule has 86 valence electrons. The number of rotatable bonds is 1. The first kappa shape index (κ1) is 11.6. The van der Waals surface area contributed by atoms with Crippen LogP contribution in [-0.2, 0) is 9.53 Å². The van der Waals surface area contributed by atoms with Crippen LogP contribution in [0.1, 0.15) is 32.6 Å². The number of carbonyl (C=O) groups is 2. The summed E-state index contributed by atoms with van der Waals surface area (Å²) in [5.41, 5.74) is 0. The van der Waals surface area contributed by atoms with Gasteiger partial charge in [-0.05, 0) is 19.8 Å². The van der Waals surface area contributed by atoms with Gasteiger partial charge in [0.05, 0.1) is 0 Å². The van der Waals surface area contributed by atoms with Gasteiger partial charge in [0.2, 0.25) is 0 Å². The number of fused-ring (bicyclic) bond motifs is 2. The van der Waals surface area contributed by atoms with Crippen molar-refractivity contribution in [2.75, 3.05) is 0 Å². The Labute approximate surface area is 97.5 Å². The maximum absolute atomic E-state index is 12.0. The molecule has 0 aromatic rings. The number of carbonyl (C=O) groups excluding carboxylic acids is 2. The van der Waals surface area contributed by atoms with Gasteiger partial charge in [0.15, 0.2) is 0 Å². The van der Waals surface area contributed by atoms with Gasteiger partial charge in [0.25, 0.3) is 0 Å². The Balaban J connectivity index is 2.06. The van der Waals surface area contributed by atoms with Gasteiger partial charge in [0, 0.05) is 30.3 Å². The molecule has 0 aromatic heterocycles. The zero-order valence-electron chi connectivity index (χ0n) is 10.2. The summed E-state index contributed by atoms with van der Waals surface area (Å²) in [6.07, 6.45) is 2.64. The molecule has 6 heteroatoms. The molecule has 2 aliphatic rings. The van der Waals surface area contributed by atoms with E-state index in [0.717, 1.165) is 12.8 Å². The molecular formula is C10H17B2NO3. The van der Waals surface area contributed by atoms with Crippen LogP contribution in [-0.4, -0.2) is 50.0 Å². The van der Waals surface area contributed by atoms with Gasteiger partial charge in [-0.3, -0.25) is 4.79 Å². The fourth-order valence-corrected chi connectivity index (χ4v) is 2.58. The molecule has 2 saturated heterocycles. The average molecular weight is 221 g/mol. The molecule has 2 fully saturated rings. The van der Waals surface area contributed by atoms with Crippen LogP contribution >= 0.6 is 0 Å². The Kier molecular flexibility index (Phi) is 2.76. The summed E-state index contributed by atoms with van der Waals surface area (Å²) in [6, 6.07) is 0.169. The van der Waals surface area contributed by atoms with Gasteiger partial charge in [-0.2, -0.15) is 0 Å². The van der Waals surface area contributed by atoms with Crippen LogP contribution in [0.25, 0.3) is 0 Å². The minimum absolute atomic E-state index is 0.0844. The van der Waals surface area contributed by atoms with Crippen molar-refractivity contribution in [2.45, 2.75) is 50.1 Å². The van der Waals surface area contributed by atoms with Crippen molar-refractivity contribution in [3.63, 3.8) is 0 Å². The molecule has 16 heavy (non-hydrogen) atoms. The van der Waals surface area contributed by atoms with Crippen molar-refractivity contribution in [2.24, 2.45) is 0 Å². The molecule has 2 rings (SSSR count).